The summed E-state index contributed by atoms with van der Waals surface area (Å²) in [6.07, 6.45) is 0. The molecule has 3 aromatic rings. The van der Waals surface area contributed by atoms with E-state index in [1.165, 1.54) is 0 Å². The van der Waals surface area contributed by atoms with Crippen LogP contribution in [0.4, 0.5) is 0 Å². The predicted octanol–water partition coefficient (Wildman–Crippen LogP) is 4.73. The maximum absolute atomic E-state index is 11.7. The van der Waals surface area contributed by atoms with Gasteiger partial charge in [0.15, 0.2) is 0 Å². The number of benzene rings is 2. The van der Waals surface area contributed by atoms with Gasteiger partial charge in [-0.1, -0.05) is 64.1 Å². The molecule has 1 aromatic heterocycles. The van der Waals surface area contributed by atoms with Crippen molar-refractivity contribution in [3.8, 4) is 0 Å². The van der Waals surface area contributed by atoms with E-state index in [1.54, 1.807) is 0 Å². The molecule has 0 bridgehead atoms. The summed E-state index contributed by atoms with van der Waals surface area (Å²) >= 11 is 0. The Balaban J connectivity index is 0.000000415. The molecule has 0 aliphatic heterocycles. The molecule has 100 valence electrons. The molecule has 2 heteroatoms. The second kappa shape index (κ2) is 7.37. The average molecular weight is 255 g/mol. The van der Waals surface area contributed by atoms with Crippen molar-refractivity contribution in [2.45, 2.75) is 27.7 Å². The Labute approximate surface area is 114 Å². The van der Waals surface area contributed by atoms with Gasteiger partial charge < -0.3 is 4.98 Å². The van der Waals surface area contributed by atoms with Crippen LogP contribution in [0.25, 0.3) is 21.7 Å². The number of para-hydroxylation sites is 1. The summed E-state index contributed by atoms with van der Waals surface area (Å²) in [5.41, 5.74) is 0.866. The molecule has 2 aromatic carbocycles. The molecular formula is C17H21NO. The van der Waals surface area contributed by atoms with Crippen LogP contribution in [0.2, 0.25) is 0 Å². The van der Waals surface area contributed by atoms with Gasteiger partial charge in [-0.25, -0.2) is 0 Å². The van der Waals surface area contributed by atoms with E-state index in [4.69, 9.17) is 0 Å². The number of hydrogen-bond acceptors (Lipinski definition) is 1. The summed E-state index contributed by atoms with van der Waals surface area (Å²) in [4.78, 5) is 14.6. The Bertz CT molecular complexity index is 698. The summed E-state index contributed by atoms with van der Waals surface area (Å²) < 4.78 is 0. The van der Waals surface area contributed by atoms with E-state index in [-0.39, 0.29) is 5.56 Å². The highest BCUT2D eigenvalue weighted by molar-refractivity contribution is 6.04. The van der Waals surface area contributed by atoms with Crippen molar-refractivity contribution < 1.29 is 0 Å². The van der Waals surface area contributed by atoms with Crippen molar-refractivity contribution in [1.29, 1.82) is 0 Å². The van der Waals surface area contributed by atoms with E-state index in [2.05, 4.69) is 4.98 Å². The fraction of sp³-hybridized carbons (Fsp3) is 0.235. The standard InChI is InChI=1S/C13H9NO.2C2H6/c15-13-11-7-2-1-5-9(11)10-6-3-4-8-12(10)14-13;2*1-2/h1-8H,(H,14,15);2*1-2H3. The zero-order valence-corrected chi connectivity index (χ0v) is 12.0. The summed E-state index contributed by atoms with van der Waals surface area (Å²) in [5, 5.41) is 2.85. The van der Waals surface area contributed by atoms with Gasteiger partial charge in [-0.2, -0.15) is 0 Å². The van der Waals surface area contributed by atoms with Gasteiger partial charge >= 0.3 is 0 Å². The lowest BCUT2D eigenvalue weighted by molar-refractivity contribution is 1.34. The van der Waals surface area contributed by atoms with Crippen LogP contribution in [0, 0.1) is 0 Å². The molecule has 19 heavy (non-hydrogen) atoms. The summed E-state index contributed by atoms with van der Waals surface area (Å²) in [6, 6.07) is 15.5. The Hall–Kier alpha value is -2.09. The third-order valence-corrected chi connectivity index (χ3v) is 2.64. The quantitative estimate of drug-likeness (QED) is 0.578. The van der Waals surface area contributed by atoms with Crippen LogP contribution in [0.5, 0.6) is 0 Å². The lowest BCUT2D eigenvalue weighted by Gasteiger charge is -2.02. The smallest absolute Gasteiger partial charge is 0.256 e. The minimum Gasteiger partial charge on any atom is -0.321 e. The maximum atomic E-state index is 11.7. The van der Waals surface area contributed by atoms with E-state index in [1.807, 2.05) is 76.2 Å². The molecule has 0 unspecified atom stereocenters. The Kier molecular flexibility index (Phi) is 5.80. The number of fused-ring (bicyclic) bond motifs is 3. The maximum Gasteiger partial charge on any atom is 0.256 e. The SMILES string of the molecule is CC.CC.O=c1[nH]c2ccccc2c2ccccc12. The van der Waals surface area contributed by atoms with Crippen LogP contribution in [-0.2, 0) is 0 Å². The van der Waals surface area contributed by atoms with Gasteiger partial charge in [0.25, 0.3) is 5.56 Å². The van der Waals surface area contributed by atoms with Crippen molar-refractivity contribution in [2.75, 3.05) is 0 Å². The minimum absolute atomic E-state index is 0.0238. The van der Waals surface area contributed by atoms with Gasteiger partial charge in [0.05, 0.1) is 0 Å². The molecule has 1 N–H and O–H groups in total. The molecule has 0 amide bonds. The largest absolute Gasteiger partial charge is 0.321 e. The summed E-state index contributed by atoms with van der Waals surface area (Å²) in [7, 11) is 0. The molecule has 2 nitrogen and oxygen atoms in total. The zero-order chi connectivity index (χ0) is 14.3. The normalized spacial score (nSPS) is 9.26. The highest BCUT2D eigenvalue weighted by atomic mass is 16.1. The molecule has 3 rings (SSSR count). The number of aromatic amines is 1. The van der Waals surface area contributed by atoms with Crippen molar-refractivity contribution in [3.05, 3.63) is 58.9 Å². The molecule has 0 atom stereocenters. The average Bonchev–Trinajstić information content (AvgIpc) is 2.52. The molecule has 0 saturated carbocycles. The molecule has 0 radical (unpaired) electrons. The number of nitrogens with one attached hydrogen (secondary N) is 1. The molecule has 0 fully saturated rings. The molecule has 0 aliphatic rings. The Morgan fingerprint density at radius 3 is 1.79 bits per heavy atom. The van der Waals surface area contributed by atoms with Crippen molar-refractivity contribution in [2.24, 2.45) is 0 Å². The van der Waals surface area contributed by atoms with Gasteiger partial charge in [-0.15, -0.1) is 0 Å². The fourth-order valence-electron chi connectivity index (χ4n) is 1.93. The number of rotatable bonds is 0. The van der Waals surface area contributed by atoms with Crippen molar-refractivity contribution in [3.63, 3.8) is 0 Å². The number of hydrogen-bond donors (Lipinski definition) is 1. The van der Waals surface area contributed by atoms with Crippen LogP contribution in [0.1, 0.15) is 27.7 Å². The van der Waals surface area contributed by atoms with Crippen LogP contribution in [-0.4, -0.2) is 4.98 Å². The third kappa shape index (κ3) is 3.02. The van der Waals surface area contributed by atoms with E-state index in [0.29, 0.717) is 0 Å². The van der Waals surface area contributed by atoms with E-state index >= 15 is 0 Å². The van der Waals surface area contributed by atoms with Gasteiger partial charge in [0.2, 0.25) is 0 Å². The van der Waals surface area contributed by atoms with Crippen LogP contribution in [0.3, 0.4) is 0 Å². The molecule has 0 aliphatic carbocycles. The first-order valence-corrected chi connectivity index (χ1v) is 6.86. The molecular weight excluding hydrogens is 234 g/mol. The number of aromatic nitrogens is 1. The van der Waals surface area contributed by atoms with Crippen molar-refractivity contribution in [1.82, 2.24) is 4.98 Å². The first kappa shape index (κ1) is 15.0. The van der Waals surface area contributed by atoms with E-state index < -0.39 is 0 Å². The summed E-state index contributed by atoms with van der Waals surface area (Å²) in [5.74, 6) is 0. The fourth-order valence-corrected chi connectivity index (χ4v) is 1.93. The van der Waals surface area contributed by atoms with E-state index in [9.17, 15) is 4.79 Å². The van der Waals surface area contributed by atoms with Crippen LogP contribution >= 0.6 is 0 Å². The third-order valence-electron chi connectivity index (χ3n) is 2.64. The predicted molar refractivity (Wildman–Crippen MR) is 84.8 cm³/mol. The topological polar surface area (TPSA) is 32.9 Å². The number of H-pyrrole nitrogens is 1. The van der Waals surface area contributed by atoms with Gasteiger partial charge in [0, 0.05) is 16.3 Å². The zero-order valence-electron chi connectivity index (χ0n) is 12.0. The van der Waals surface area contributed by atoms with Gasteiger partial charge in [0.1, 0.15) is 0 Å². The molecule has 1 heterocycles. The van der Waals surface area contributed by atoms with Gasteiger partial charge in [-0.05, 0) is 17.5 Å². The Morgan fingerprint density at radius 1 is 0.684 bits per heavy atom. The minimum atomic E-state index is -0.0238. The molecule has 0 saturated heterocycles. The highest BCUT2D eigenvalue weighted by Crippen LogP contribution is 2.19. The lowest BCUT2D eigenvalue weighted by atomic mass is 10.1. The highest BCUT2D eigenvalue weighted by Gasteiger charge is 2.02. The van der Waals surface area contributed by atoms with Crippen LogP contribution in [0.15, 0.2) is 53.3 Å². The first-order valence-electron chi connectivity index (χ1n) is 6.86. The van der Waals surface area contributed by atoms with E-state index in [0.717, 1.165) is 21.7 Å². The number of pyridine rings is 1. The lowest BCUT2D eigenvalue weighted by Crippen LogP contribution is -2.05. The molecule has 0 spiro atoms. The second-order valence-electron chi connectivity index (χ2n) is 3.55. The van der Waals surface area contributed by atoms with Crippen LogP contribution < -0.4 is 5.56 Å². The van der Waals surface area contributed by atoms with Crippen molar-refractivity contribution >= 4 is 21.7 Å². The van der Waals surface area contributed by atoms with Gasteiger partial charge in [-0.3, -0.25) is 4.79 Å². The Morgan fingerprint density at radius 2 is 1.16 bits per heavy atom. The first-order chi connectivity index (χ1) is 9.36. The second-order valence-corrected chi connectivity index (χ2v) is 3.55. The monoisotopic (exact) mass is 255 g/mol. The summed E-state index contributed by atoms with van der Waals surface area (Å²) in [6.45, 7) is 8.00.